The molecule has 7 nitrogen and oxygen atoms in total. The standard InChI is InChI=1S/C33H50O7/c1-19(12-11-13-20(2)29(36)39-9)22-16-17-32(6)23-14-15-24(31(4,5)30(37)40-10)33(7,18-25(34)38-8)27(23)28(35)26(32)21(22)3/h13,19,22-24,26-27H,3,11-12,14-18H2,1-2,4-10H3/b20-13-/t19-,22-,23-,24+,26-,27+,32+,33+/m1/s1. The second-order valence-corrected chi connectivity index (χ2v) is 13.7. The quantitative estimate of drug-likeness (QED) is 0.146. The molecule has 0 amide bonds. The van der Waals surface area contributed by atoms with Gasteiger partial charge in [0, 0.05) is 17.4 Å². The second kappa shape index (κ2) is 11.8. The maximum atomic E-state index is 14.6. The Hall–Kier alpha value is -2.44. The number of hydrogen-bond acceptors (Lipinski definition) is 7. The van der Waals surface area contributed by atoms with Crippen LogP contribution in [0.25, 0.3) is 0 Å². The van der Waals surface area contributed by atoms with Gasteiger partial charge in [-0.05, 0) is 93.8 Å². The summed E-state index contributed by atoms with van der Waals surface area (Å²) >= 11 is 0. The topological polar surface area (TPSA) is 96.0 Å². The second-order valence-electron chi connectivity index (χ2n) is 13.7. The number of ether oxygens (including phenoxy) is 3. The number of ketones is 1. The van der Waals surface area contributed by atoms with Crippen LogP contribution in [0.4, 0.5) is 0 Å². The van der Waals surface area contributed by atoms with E-state index in [1.165, 1.54) is 21.3 Å². The molecule has 224 valence electrons. The van der Waals surface area contributed by atoms with E-state index in [4.69, 9.17) is 14.2 Å². The van der Waals surface area contributed by atoms with Gasteiger partial charge in [0.25, 0.3) is 0 Å². The van der Waals surface area contributed by atoms with Gasteiger partial charge in [-0.3, -0.25) is 14.4 Å². The first kappa shape index (κ1) is 32.1. The Bertz CT molecular complexity index is 1070. The van der Waals surface area contributed by atoms with E-state index in [0.29, 0.717) is 11.5 Å². The number of carbonyl (C=O) groups is 4. The number of allylic oxidation sites excluding steroid dienone is 2. The summed E-state index contributed by atoms with van der Waals surface area (Å²) in [7, 11) is 4.15. The van der Waals surface area contributed by atoms with E-state index in [9.17, 15) is 19.2 Å². The monoisotopic (exact) mass is 558 g/mol. The molecule has 3 rings (SSSR count). The Balaban J connectivity index is 1.93. The highest BCUT2D eigenvalue weighted by Crippen LogP contribution is 2.69. The van der Waals surface area contributed by atoms with Gasteiger partial charge in [-0.25, -0.2) is 4.79 Å². The van der Waals surface area contributed by atoms with Gasteiger partial charge < -0.3 is 14.2 Å². The third-order valence-electron chi connectivity index (χ3n) is 11.2. The SMILES string of the molecule is C=C1[C@@H]2C(=O)[C@@H]3[C@@H](CC[C@@H](C(C)(C)C(=O)OC)[C@]3(C)CC(=O)OC)[C@]2(C)CC[C@@H]1[C@H](C)CC/C=C(/C)C(=O)OC. The van der Waals surface area contributed by atoms with E-state index in [1.54, 1.807) is 6.92 Å². The Kier molecular flexibility index (Phi) is 9.47. The lowest BCUT2D eigenvalue weighted by Crippen LogP contribution is -2.54. The van der Waals surface area contributed by atoms with Crippen molar-refractivity contribution in [1.29, 1.82) is 0 Å². The molecule has 3 fully saturated rings. The average molecular weight is 559 g/mol. The maximum absolute atomic E-state index is 14.6. The van der Waals surface area contributed by atoms with Crippen LogP contribution in [0.1, 0.15) is 86.5 Å². The molecule has 0 aromatic rings. The zero-order valence-corrected chi connectivity index (χ0v) is 26.1. The number of fused-ring (bicyclic) bond motifs is 3. The zero-order valence-electron chi connectivity index (χ0n) is 26.1. The van der Waals surface area contributed by atoms with E-state index >= 15 is 0 Å². The lowest BCUT2D eigenvalue weighted by atomic mass is 9.48. The van der Waals surface area contributed by atoms with Crippen LogP contribution < -0.4 is 0 Å². The van der Waals surface area contributed by atoms with Crippen molar-refractivity contribution in [3.8, 4) is 0 Å². The largest absolute Gasteiger partial charge is 0.469 e. The minimum atomic E-state index is -0.860. The molecule has 8 atom stereocenters. The smallest absolute Gasteiger partial charge is 0.333 e. The molecule has 0 spiro atoms. The van der Waals surface area contributed by atoms with Crippen molar-refractivity contribution in [3.05, 3.63) is 23.8 Å². The first-order valence-electron chi connectivity index (χ1n) is 14.7. The highest BCUT2D eigenvalue weighted by Gasteiger charge is 2.69. The Labute approximate surface area is 240 Å². The summed E-state index contributed by atoms with van der Waals surface area (Å²) in [6, 6.07) is 0. The molecule has 0 saturated heterocycles. The summed E-state index contributed by atoms with van der Waals surface area (Å²) in [5.74, 6) is -1.03. The summed E-state index contributed by atoms with van der Waals surface area (Å²) in [4.78, 5) is 52.1. The van der Waals surface area contributed by atoms with E-state index < -0.39 is 10.8 Å². The van der Waals surface area contributed by atoms with Crippen LogP contribution >= 0.6 is 0 Å². The molecule has 3 saturated carbocycles. The number of rotatable bonds is 9. The van der Waals surface area contributed by atoms with Crippen LogP contribution in [0.5, 0.6) is 0 Å². The number of Topliss-reactive ketones (excluding diaryl/α,β-unsaturated/α-hetero) is 1. The first-order valence-corrected chi connectivity index (χ1v) is 14.7. The van der Waals surface area contributed by atoms with Crippen molar-refractivity contribution in [2.75, 3.05) is 21.3 Å². The molecule has 3 aliphatic rings. The summed E-state index contributed by atoms with van der Waals surface area (Å²) in [5.41, 5.74) is -0.217. The predicted octanol–water partition coefficient (Wildman–Crippen LogP) is 6.10. The summed E-state index contributed by atoms with van der Waals surface area (Å²) in [5, 5.41) is 0. The molecule has 0 aliphatic heterocycles. The third-order valence-corrected chi connectivity index (χ3v) is 11.2. The van der Waals surface area contributed by atoms with Crippen molar-refractivity contribution < 1.29 is 33.4 Å². The lowest BCUT2D eigenvalue weighted by molar-refractivity contribution is -0.170. The molecule has 0 heterocycles. The van der Waals surface area contributed by atoms with Crippen molar-refractivity contribution >= 4 is 23.7 Å². The number of methoxy groups -OCH3 is 3. The third kappa shape index (κ3) is 5.30. The molecule has 0 N–H and O–H groups in total. The van der Waals surface area contributed by atoms with Crippen molar-refractivity contribution in [2.45, 2.75) is 86.5 Å². The number of carbonyl (C=O) groups excluding carboxylic acids is 4. The highest BCUT2D eigenvalue weighted by molar-refractivity contribution is 5.92. The van der Waals surface area contributed by atoms with Gasteiger partial charge in [0.15, 0.2) is 0 Å². The van der Waals surface area contributed by atoms with Crippen LogP contribution in [-0.2, 0) is 33.4 Å². The van der Waals surface area contributed by atoms with Crippen molar-refractivity contribution in [1.82, 2.24) is 0 Å². The number of hydrogen-bond donors (Lipinski definition) is 0. The highest BCUT2D eigenvalue weighted by atomic mass is 16.5. The van der Waals surface area contributed by atoms with Crippen LogP contribution in [0.2, 0.25) is 0 Å². The minimum absolute atomic E-state index is 0.0858. The average Bonchev–Trinajstić information content (AvgIpc) is 3.15. The van der Waals surface area contributed by atoms with Crippen LogP contribution in [0.15, 0.2) is 23.8 Å². The molecule has 3 aliphatic carbocycles. The van der Waals surface area contributed by atoms with Crippen LogP contribution in [0, 0.1) is 51.8 Å². The fourth-order valence-corrected chi connectivity index (χ4v) is 9.14. The maximum Gasteiger partial charge on any atom is 0.333 e. The molecular weight excluding hydrogens is 508 g/mol. The molecule has 0 unspecified atom stereocenters. The fraction of sp³-hybridized carbons (Fsp3) is 0.758. The molecule has 0 aromatic carbocycles. The zero-order chi connectivity index (χ0) is 30.2. The van der Waals surface area contributed by atoms with Gasteiger partial charge in [-0.2, -0.15) is 0 Å². The first-order chi connectivity index (χ1) is 18.6. The molecule has 7 heteroatoms. The lowest BCUT2D eigenvalue weighted by Gasteiger charge is -2.54. The summed E-state index contributed by atoms with van der Waals surface area (Å²) < 4.78 is 15.1. The van der Waals surface area contributed by atoms with Crippen LogP contribution in [-0.4, -0.2) is 45.0 Å². The summed E-state index contributed by atoms with van der Waals surface area (Å²) in [6.07, 6.45) is 7.12. The van der Waals surface area contributed by atoms with E-state index in [0.717, 1.165) is 44.1 Å². The van der Waals surface area contributed by atoms with Crippen LogP contribution in [0.3, 0.4) is 0 Å². The van der Waals surface area contributed by atoms with Gasteiger partial charge in [0.2, 0.25) is 0 Å². The van der Waals surface area contributed by atoms with Gasteiger partial charge in [0.05, 0.1) is 33.2 Å². The Morgan fingerprint density at radius 3 is 2.30 bits per heavy atom. The predicted molar refractivity (Wildman–Crippen MR) is 153 cm³/mol. The van der Waals surface area contributed by atoms with E-state index in [-0.39, 0.29) is 65.1 Å². The Morgan fingerprint density at radius 2 is 1.73 bits per heavy atom. The normalized spacial score (nSPS) is 34.9. The summed E-state index contributed by atoms with van der Waals surface area (Å²) in [6.45, 7) is 16.6. The van der Waals surface area contributed by atoms with Gasteiger partial charge in [0.1, 0.15) is 5.78 Å². The minimum Gasteiger partial charge on any atom is -0.469 e. The molecule has 40 heavy (non-hydrogen) atoms. The number of esters is 3. The fourth-order valence-electron chi connectivity index (χ4n) is 9.14. The molecule has 0 aromatic heterocycles. The molecule has 0 bridgehead atoms. The van der Waals surface area contributed by atoms with Gasteiger partial charge in [-0.1, -0.05) is 39.0 Å². The van der Waals surface area contributed by atoms with Gasteiger partial charge in [-0.15, -0.1) is 0 Å². The van der Waals surface area contributed by atoms with Crippen molar-refractivity contribution in [3.63, 3.8) is 0 Å². The van der Waals surface area contributed by atoms with E-state index in [2.05, 4.69) is 20.4 Å². The molecular formula is C33H50O7. The Morgan fingerprint density at radius 1 is 1.07 bits per heavy atom. The van der Waals surface area contributed by atoms with Crippen molar-refractivity contribution in [2.24, 2.45) is 51.8 Å². The van der Waals surface area contributed by atoms with Gasteiger partial charge >= 0.3 is 17.9 Å². The molecule has 0 radical (unpaired) electrons. The van der Waals surface area contributed by atoms with E-state index in [1.807, 2.05) is 26.8 Å².